The third-order valence-corrected chi connectivity index (χ3v) is 2.35. The van der Waals surface area contributed by atoms with Crippen molar-refractivity contribution in [2.75, 3.05) is 6.54 Å². The topological polar surface area (TPSA) is 68.1 Å². The second-order valence-corrected chi connectivity index (χ2v) is 3.64. The SMILES string of the molecule is Cc1cnc(CNCC(F)F)c(C)c1[N+](=O)[O-]. The van der Waals surface area contributed by atoms with Gasteiger partial charge in [-0.3, -0.25) is 15.1 Å². The van der Waals surface area contributed by atoms with Gasteiger partial charge in [-0.15, -0.1) is 0 Å². The van der Waals surface area contributed by atoms with Crippen molar-refractivity contribution >= 4 is 5.69 Å². The maximum Gasteiger partial charge on any atom is 0.278 e. The van der Waals surface area contributed by atoms with Gasteiger partial charge in [-0.1, -0.05) is 0 Å². The normalized spacial score (nSPS) is 10.9. The predicted octanol–water partition coefficient (Wildman–Crippen LogP) is 1.96. The monoisotopic (exact) mass is 245 g/mol. The van der Waals surface area contributed by atoms with Crippen LogP contribution < -0.4 is 5.32 Å². The molecule has 1 N–H and O–H groups in total. The van der Waals surface area contributed by atoms with E-state index in [0.29, 0.717) is 16.8 Å². The third-order valence-electron chi connectivity index (χ3n) is 2.35. The molecule has 0 unspecified atom stereocenters. The molecule has 0 aromatic carbocycles. The molecule has 0 aliphatic heterocycles. The summed E-state index contributed by atoms with van der Waals surface area (Å²) in [6, 6.07) is 0. The van der Waals surface area contributed by atoms with Gasteiger partial charge in [-0.05, 0) is 13.8 Å². The maximum atomic E-state index is 11.9. The fourth-order valence-electron chi connectivity index (χ4n) is 1.52. The summed E-state index contributed by atoms with van der Waals surface area (Å²) in [6.07, 6.45) is -1.07. The first kappa shape index (κ1) is 13.4. The summed E-state index contributed by atoms with van der Waals surface area (Å²) < 4.78 is 23.8. The van der Waals surface area contributed by atoms with Gasteiger partial charge in [0.05, 0.1) is 17.2 Å². The summed E-state index contributed by atoms with van der Waals surface area (Å²) in [5.41, 5.74) is 1.29. The average Bonchev–Trinajstić information content (AvgIpc) is 2.20. The molecule has 7 heteroatoms. The van der Waals surface area contributed by atoms with E-state index in [0.717, 1.165) is 0 Å². The highest BCUT2D eigenvalue weighted by Crippen LogP contribution is 2.23. The highest BCUT2D eigenvalue weighted by atomic mass is 19.3. The van der Waals surface area contributed by atoms with Crippen LogP contribution in [0.2, 0.25) is 0 Å². The van der Waals surface area contributed by atoms with Crippen molar-refractivity contribution in [2.45, 2.75) is 26.8 Å². The van der Waals surface area contributed by atoms with Gasteiger partial charge in [0, 0.05) is 23.9 Å². The molecule has 0 saturated carbocycles. The largest absolute Gasteiger partial charge is 0.306 e. The quantitative estimate of drug-likeness (QED) is 0.636. The molecule has 17 heavy (non-hydrogen) atoms. The zero-order chi connectivity index (χ0) is 13.0. The number of alkyl halides is 2. The Kier molecular flexibility index (Phi) is 4.45. The van der Waals surface area contributed by atoms with Gasteiger partial charge in [0.15, 0.2) is 0 Å². The highest BCUT2D eigenvalue weighted by molar-refractivity contribution is 5.47. The van der Waals surface area contributed by atoms with E-state index < -0.39 is 17.9 Å². The van der Waals surface area contributed by atoms with Crippen molar-refractivity contribution < 1.29 is 13.7 Å². The Morgan fingerprint density at radius 3 is 2.71 bits per heavy atom. The lowest BCUT2D eigenvalue weighted by molar-refractivity contribution is -0.386. The van der Waals surface area contributed by atoms with E-state index >= 15 is 0 Å². The Labute approximate surface area is 97.0 Å². The van der Waals surface area contributed by atoms with Gasteiger partial charge in [-0.25, -0.2) is 8.78 Å². The molecule has 1 aromatic heterocycles. The number of nitrogens with zero attached hydrogens (tertiary/aromatic N) is 2. The van der Waals surface area contributed by atoms with Crippen molar-refractivity contribution in [3.63, 3.8) is 0 Å². The van der Waals surface area contributed by atoms with E-state index in [1.54, 1.807) is 13.8 Å². The van der Waals surface area contributed by atoms with Gasteiger partial charge < -0.3 is 5.32 Å². The number of pyridine rings is 1. The van der Waals surface area contributed by atoms with Crippen LogP contribution in [0.15, 0.2) is 6.20 Å². The molecule has 0 atom stereocenters. The van der Waals surface area contributed by atoms with E-state index in [4.69, 9.17) is 0 Å². The number of hydrogen-bond acceptors (Lipinski definition) is 4. The molecule has 0 bridgehead atoms. The van der Waals surface area contributed by atoms with Crippen LogP contribution in [-0.4, -0.2) is 22.9 Å². The Bertz CT molecular complexity index is 424. The molecule has 1 rings (SSSR count). The van der Waals surface area contributed by atoms with Crippen LogP contribution in [0.3, 0.4) is 0 Å². The number of nitrogens with one attached hydrogen (secondary N) is 1. The number of halogens is 2. The van der Waals surface area contributed by atoms with Gasteiger partial charge in [-0.2, -0.15) is 0 Å². The summed E-state index contributed by atoms with van der Waals surface area (Å²) in [6.45, 7) is 2.80. The van der Waals surface area contributed by atoms with Crippen LogP contribution >= 0.6 is 0 Å². The second kappa shape index (κ2) is 5.62. The zero-order valence-electron chi connectivity index (χ0n) is 9.54. The molecule has 5 nitrogen and oxygen atoms in total. The van der Waals surface area contributed by atoms with Crippen molar-refractivity contribution in [3.8, 4) is 0 Å². The number of hydrogen-bond donors (Lipinski definition) is 1. The summed E-state index contributed by atoms with van der Waals surface area (Å²) in [7, 11) is 0. The number of rotatable bonds is 5. The summed E-state index contributed by atoms with van der Waals surface area (Å²) >= 11 is 0. The molecule has 0 aliphatic rings. The molecular formula is C10H13F2N3O2. The molecule has 0 radical (unpaired) electrons. The van der Waals surface area contributed by atoms with Crippen LogP contribution in [0.25, 0.3) is 0 Å². The Morgan fingerprint density at radius 2 is 2.18 bits per heavy atom. The first-order chi connectivity index (χ1) is 7.93. The smallest absolute Gasteiger partial charge is 0.278 e. The van der Waals surface area contributed by atoms with Crippen LogP contribution in [0.5, 0.6) is 0 Å². The minimum atomic E-state index is -2.45. The fourth-order valence-corrected chi connectivity index (χ4v) is 1.52. The lowest BCUT2D eigenvalue weighted by Gasteiger charge is -2.08. The third kappa shape index (κ3) is 3.42. The van der Waals surface area contributed by atoms with E-state index in [9.17, 15) is 18.9 Å². The van der Waals surface area contributed by atoms with Crippen molar-refractivity contribution in [1.82, 2.24) is 10.3 Å². The second-order valence-electron chi connectivity index (χ2n) is 3.64. The van der Waals surface area contributed by atoms with Crippen molar-refractivity contribution in [1.29, 1.82) is 0 Å². The lowest BCUT2D eigenvalue weighted by Crippen LogP contribution is -2.22. The van der Waals surface area contributed by atoms with E-state index in [-0.39, 0.29) is 12.2 Å². The van der Waals surface area contributed by atoms with Gasteiger partial charge in [0.1, 0.15) is 0 Å². The molecule has 0 saturated heterocycles. The molecule has 0 amide bonds. The molecule has 1 heterocycles. The molecule has 0 aliphatic carbocycles. The number of aryl methyl sites for hydroxylation is 1. The fraction of sp³-hybridized carbons (Fsp3) is 0.500. The van der Waals surface area contributed by atoms with Crippen LogP contribution in [0.1, 0.15) is 16.8 Å². The van der Waals surface area contributed by atoms with E-state index in [1.165, 1.54) is 6.20 Å². The molecule has 0 spiro atoms. The Hall–Kier alpha value is -1.63. The summed E-state index contributed by atoms with van der Waals surface area (Å²) in [4.78, 5) is 14.3. The summed E-state index contributed by atoms with van der Waals surface area (Å²) in [5, 5.41) is 13.3. The van der Waals surface area contributed by atoms with Gasteiger partial charge >= 0.3 is 0 Å². The standard InChI is InChI=1S/C10H13F2N3O2/c1-6-3-14-8(4-13-5-9(11)12)7(2)10(6)15(16)17/h3,9,13H,4-5H2,1-2H3. The molecule has 1 aromatic rings. The van der Waals surface area contributed by atoms with E-state index in [1.807, 2.05) is 0 Å². The predicted molar refractivity (Wildman–Crippen MR) is 58.1 cm³/mol. The lowest BCUT2D eigenvalue weighted by atomic mass is 10.1. The number of aromatic nitrogens is 1. The zero-order valence-corrected chi connectivity index (χ0v) is 9.54. The molecule has 94 valence electrons. The number of nitro groups is 1. The van der Waals surface area contributed by atoms with Gasteiger partial charge in [0.2, 0.25) is 0 Å². The van der Waals surface area contributed by atoms with Crippen molar-refractivity contribution in [3.05, 3.63) is 33.1 Å². The first-order valence-corrected chi connectivity index (χ1v) is 5.01. The highest BCUT2D eigenvalue weighted by Gasteiger charge is 2.18. The first-order valence-electron chi connectivity index (χ1n) is 5.01. The Balaban J connectivity index is 2.87. The minimum absolute atomic E-state index is 0.00570. The minimum Gasteiger partial charge on any atom is -0.306 e. The summed E-state index contributed by atoms with van der Waals surface area (Å²) in [5.74, 6) is 0. The molecule has 0 fully saturated rings. The average molecular weight is 245 g/mol. The van der Waals surface area contributed by atoms with Crippen LogP contribution in [0, 0.1) is 24.0 Å². The molecular weight excluding hydrogens is 232 g/mol. The van der Waals surface area contributed by atoms with Crippen LogP contribution in [-0.2, 0) is 6.54 Å². The Morgan fingerprint density at radius 1 is 1.53 bits per heavy atom. The van der Waals surface area contributed by atoms with Gasteiger partial charge in [0.25, 0.3) is 12.1 Å². The maximum absolute atomic E-state index is 11.9. The van der Waals surface area contributed by atoms with E-state index in [2.05, 4.69) is 10.3 Å². The van der Waals surface area contributed by atoms with Crippen molar-refractivity contribution in [2.24, 2.45) is 0 Å². The van der Waals surface area contributed by atoms with Crippen LogP contribution in [0.4, 0.5) is 14.5 Å².